The van der Waals surface area contributed by atoms with Gasteiger partial charge in [0.1, 0.15) is 5.58 Å². The number of carbonyl (C=O) groups is 1. The highest BCUT2D eigenvalue weighted by Gasteiger charge is 2.04. The molecule has 0 bridgehead atoms. The molecule has 0 radical (unpaired) electrons. The van der Waals surface area contributed by atoms with E-state index in [4.69, 9.17) is 4.42 Å². The van der Waals surface area contributed by atoms with E-state index in [1.54, 1.807) is 18.2 Å². The van der Waals surface area contributed by atoms with Crippen LogP contribution in [0.2, 0.25) is 0 Å². The van der Waals surface area contributed by atoms with Crippen molar-refractivity contribution >= 4 is 34.4 Å². The number of rotatable bonds is 6. The molecule has 5 nitrogen and oxygen atoms in total. The molecule has 0 saturated carbocycles. The van der Waals surface area contributed by atoms with Gasteiger partial charge in [0.15, 0.2) is 5.43 Å². The van der Waals surface area contributed by atoms with Gasteiger partial charge in [0.2, 0.25) is 0 Å². The van der Waals surface area contributed by atoms with Gasteiger partial charge in [-0.2, -0.15) is 11.8 Å². The predicted molar refractivity (Wildman–Crippen MR) is 87.1 cm³/mol. The third kappa shape index (κ3) is 4.53. The Labute approximate surface area is 127 Å². The van der Waals surface area contributed by atoms with Gasteiger partial charge < -0.3 is 15.1 Å². The molecular formula is C15H18N2O3S. The fraction of sp³-hybridized carbons (Fsp3) is 0.333. The zero-order chi connectivity index (χ0) is 15.1. The van der Waals surface area contributed by atoms with Crippen molar-refractivity contribution in [2.75, 3.05) is 23.4 Å². The molecule has 6 heteroatoms. The third-order valence-corrected chi connectivity index (χ3v) is 3.99. The number of anilines is 1. The van der Waals surface area contributed by atoms with E-state index in [1.807, 2.05) is 11.8 Å². The van der Waals surface area contributed by atoms with Crippen LogP contribution in [0.3, 0.4) is 0 Å². The van der Waals surface area contributed by atoms with E-state index in [0.717, 1.165) is 17.9 Å². The molecule has 21 heavy (non-hydrogen) atoms. The summed E-state index contributed by atoms with van der Waals surface area (Å²) in [5.41, 5.74) is 0.945. The van der Waals surface area contributed by atoms with Gasteiger partial charge in [-0.25, -0.2) is 4.79 Å². The zero-order valence-electron chi connectivity index (χ0n) is 11.8. The molecule has 1 aromatic heterocycles. The largest absolute Gasteiger partial charge is 0.464 e. The van der Waals surface area contributed by atoms with Crippen molar-refractivity contribution in [2.45, 2.75) is 13.3 Å². The van der Waals surface area contributed by atoms with Gasteiger partial charge in [-0.15, -0.1) is 0 Å². The first-order valence-corrected chi connectivity index (χ1v) is 8.00. The van der Waals surface area contributed by atoms with E-state index in [0.29, 0.717) is 23.2 Å². The van der Waals surface area contributed by atoms with Crippen molar-refractivity contribution in [1.29, 1.82) is 0 Å². The molecule has 0 spiro atoms. The fourth-order valence-corrected chi connectivity index (χ4v) is 2.56. The summed E-state index contributed by atoms with van der Waals surface area (Å²) in [6, 6.07) is 6.08. The maximum atomic E-state index is 11.7. The monoisotopic (exact) mass is 306 g/mol. The molecule has 0 saturated heterocycles. The van der Waals surface area contributed by atoms with Crippen LogP contribution >= 0.6 is 11.8 Å². The lowest BCUT2D eigenvalue weighted by Crippen LogP contribution is -2.30. The number of urea groups is 1. The second kappa shape index (κ2) is 7.73. The molecule has 1 aromatic carbocycles. The summed E-state index contributed by atoms with van der Waals surface area (Å²) >= 11 is 1.81. The van der Waals surface area contributed by atoms with Gasteiger partial charge in [-0.1, -0.05) is 6.92 Å². The Morgan fingerprint density at radius 1 is 1.29 bits per heavy atom. The molecule has 112 valence electrons. The minimum absolute atomic E-state index is 0.128. The van der Waals surface area contributed by atoms with Crippen molar-refractivity contribution in [2.24, 2.45) is 0 Å². The molecule has 0 aliphatic heterocycles. The Bertz CT molecular complexity index is 669. The van der Waals surface area contributed by atoms with Crippen molar-refractivity contribution in [3.63, 3.8) is 0 Å². The van der Waals surface area contributed by atoms with Crippen LogP contribution in [0.4, 0.5) is 10.5 Å². The number of thioether (sulfide) groups is 1. The van der Waals surface area contributed by atoms with Crippen LogP contribution in [-0.4, -0.2) is 24.1 Å². The first-order chi connectivity index (χ1) is 10.2. The molecule has 0 aliphatic rings. The highest BCUT2D eigenvalue weighted by Crippen LogP contribution is 2.15. The van der Waals surface area contributed by atoms with Crippen LogP contribution in [-0.2, 0) is 0 Å². The lowest BCUT2D eigenvalue weighted by atomic mass is 10.2. The summed E-state index contributed by atoms with van der Waals surface area (Å²) in [5.74, 6) is 1.99. The second-order valence-electron chi connectivity index (χ2n) is 4.49. The standard InChI is InChI=1S/C15H18N2O3S/c1-2-8-21-9-6-16-15(19)17-11-3-4-14-12(10-11)13(18)5-7-20-14/h3-5,7,10H,2,6,8-9H2,1H3,(H2,16,17,19). The summed E-state index contributed by atoms with van der Waals surface area (Å²) < 4.78 is 5.22. The molecule has 2 amide bonds. The van der Waals surface area contributed by atoms with Crippen LogP contribution in [0.1, 0.15) is 13.3 Å². The Kier molecular flexibility index (Phi) is 5.68. The summed E-state index contributed by atoms with van der Waals surface area (Å²) in [6.07, 6.45) is 2.50. The Morgan fingerprint density at radius 2 is 2.14 bits per heavy atom. The van der Waals surface area contributed by atoms with Crippen LogP contribution in [0, 0.1) is 0 Å². The van der Waals surface area contributed by atoms with E-state index in [9.17, 15) is 9.59 Å². The van der Waals surface area contributed by atoms with Crippen LogP contribution < -0.4 is 16.1 Å². The van der Waals surface area contributed by atoms with Gasteiger partial charge in [0, 0.05) is 24.1 Å². The van der Waals surface area contributed by atoms with Crippen LogP contribution in [0.5, 0.6) is 0 Å². The first kappa shape index (κ1) is 15.4. The number of hydrogen-bond acceptors (Lipinski definition) is 4. The molecule has 0 unspecified atom stereocenters. The highest BCUT2D eigenvalue weighted by molar-refractivity contribution is 7.99. The topological polar surface area (TPSA) is 71.3 Å². The number of fused-ring (bicyclic) bond motifs is 1. The van der Waals surface area contributed by atoms with Crippen LogP contribution in [0.15, 0.2) is 39.7 Å². The minimum atomic E-state index is -0.272. The number of amides is 2. The number of hydrogen-bond donors (Lipinski definition) is 2. The maximum absolute atomic E-state index is 11.7. The zero-order valence-corrected chi connectivity index (χ0v) is 12.7. The molecule has 0 fully saturated rings. The van der Waals surface area contributed by atoms with Gasteiger partial charge in [0.25, 0.3) is 0 Å². The van der Waals surface area contributed by atoms with Gasteiger partial charge in [-0.3, -0.25) is 4.79 Å². The fourth-order valence-electron chi connectivity index (χ4n) is 1.82. The molecule has 0 aliphatic carbocycles. The summed E-state index contributed by atoms with van der Waals surface area (Å²) in [7, 11) is 0. The second-order valence-corrected chi connectivity index (χ2v) is 5.71. The van der Waals surface area contributed by atoms with E-state index in [2.05, 4.69) is 17.6 Å². The average Bonchev–Trinajstić information content (AvgIpc) is 2.48. The van der Waals surface area contributed by atoms with Gasteiger partial charge in [-0.05, 0) is 30.4 Å². The highest BCUT2D eigenvalue weighted by atomic mass is 32.2. The summed E-state index contributed by atoms with van der Waals surface area (Å²) in [6.45, 7) is 2.75. The Hall–Kier alpha value is -1.95. The molecule has 2 N–H and O–H groups in total. The van der Waals surface area contributed by atoms with Gasteiger partial charge >= 0.3 is 6.03 Å². The van der Waals surface area contributed by atoms with E-state index >= 15 is 0 Å². The lowest BCUT2D eigenvalue weighted by Gasteiger charge is -2.08. The van der Waals surface area contributed by atoms with Crippen molar-refractivity contribution in [3.05, 3.63) is 40.8 Å². The Morgan fingerprint density at radius 3 is 2.95 bits per heavy atom. The van der Waals surface area contributed by atoms with Crippen LogP contribution in [0.25, 0.3) is 11.0 Å². The van der Waals surface area contributed by atoms with Crippen molar-refractivity contribution < 1.29 is 9.21 Å². The Balaban J connectivity index is 1.92. The maximum Gasteiger partial charge on any atom is 0.319 e. The number of carbonyl (C=O) groups excluding carboxylic acids is 1. The molecule has 1 heterocycles. The van der Waals surface area contributed by atoms with Crippen molar-refractivity contribution in [3.8, 4) is 0 Å². The minimum Gasteiger partial charge on any atom is -0.464 e. The average molecular weight is 306 g/mol. The predicted octanol–water partition coefficient (Wildman–Crippen LogP) is 3.06. The molecule has 0 atom stereocenters. The quantitative estimate of drug-likeness (QED) is 0.805. The smallest absolute Gasteiger partial charge is 0.319 e. The number of nitrogens with one attached hydrogen (secondary N) is 2. The van der Waals surface area contributed by atoms with E-state index in [-0.39, 0.29) is 11.5 Å². The SMILES string of the molecule is CCCSCCNC(=O)Nc1ccc2occc(=O)c2c1. The normalized spacial score (nSPS) is 10.5. The van der Waals surface area contributed by atoms with E-state index in [1.165, 1.54) is 12.3 Å². The third-order valence-electron chi connectivity index (χ3n) is 2.80. The number of benzene rings is 1. The molecular weight excluding hydrogens is 288 g/mol. The van der Waals surface area contributed by atoms with Crippen molar-refractivity contribution in [1.82, 2.24) is 5.32 Å². The molecule has 2 rings (SSSR count). The molecule has 2 aromatic rings. The first-order valence-electron chi connectivity index (χ1n) is 6.85. The van der Waals surface area contributed by atoms with E-state index < -0.39 is 0 Å². The lowest BCUT2D eigenvalue weighted by molar-refractivity contribution is 0.252. The van der Waals surface area contributed by atoms with Gasteiger partial charge in [0.05, 0.1) is 11.6 Å². The summed E-state index contributed by atoms with van der Waals surface area (Å²) in [5, 5.41) is 5.95. The summed E-state index contributed by atoms with van der Waals surface area (Å²) in [4.78, 5) is 23.4.